The molecular weight excluding hydrogens is 1100 g/mol. The molecule has 0 saturated carbocycles. The van der Waals surface area contributed by atoms with Gasteiger partial charge in [0.2, 0.25) is 0 Å². The highest BCUT2D eigenvalue weighted by molar-refractivity contribution is 5.79. The van der Waals surface area contributed by atoms with Gasteiger partial charge in [-0.2, -0.15) is 0 Å². The molecular formula is C72H138N2O13. The maximum Gasteiger partial charge on any atom is 0.320 e. The Morgan fingerprint density at radius 3 is 0.966 bits per heavy atom. The van der Waals surface area contributed by atoms with E-state index in [2.05, 4.69) is 68.0 Å². The Kier molecular flexibility index (Phi) is 83.8. The van der Waals surface area contributed by atoms with E-state index < -0.39 is 42.4 Å². The molecule has 0 bridgehead atoms. The van der Waals surface area contributed by atoms with Crippen LogP contribution in [0.2, 0.25) is 0 Å². The van der Waals surface area contributed by atoms with E-state index >= 15 is 0 Å². The smallest absolute Gasteiger partial charge is 0.320 e. The number of nitrogens with zero attached hydrogens (tertiary/aromatic N) is 2. The number of hydrogen-bond acceptors (Lipinski definition) is 14. The molecule has 0 spiro atoms. The minimum Gasteiger partial charge on any atom is -0.480 e. The summed E-state index contributed by atoms with van der Waals surface area (Å²) >= 11 is 0. The Labute approximate surface area is 535 Å². The van der Waals surface area contributed by atoms with Crippen LogP contribution in [-0.4, -0.2) is 128 Å². The Morgan fingerprint density at radius 1 is 0.425 bits per heavy atom. The summed E-state index contributed by atoms with van der Waals surface area (Å²) < 4.78 is 26.7. The van der Waals surface area contributed by atoms with Crippen LogP contribution in [0.1, 0.15) is 303 Å². The molecule has 0 amide bonds. The Balaban J connectivity index is -0.000000300. The number of carbonyl (C=O) groups excluding carboxylic acids is 6. The van der Waals surface area contributed by atoms with Crippen LogP contribution >= 0.6 is 0 Å². The Hall–Kier alpha value is -4.37. The number of hydrogen-bond donors (Lipinski definition) is 1. The van der Waals surface area contributed by atoms with Crippen molar-refractivity contribution >= 4 is 41.6 Å². The number of ketones is 1. The van der Waals surface area contributed by atoms with Gasteiger partial charge in [-0.3, -0.25) is 43.4 Å². The maximum atomic E-state index is 12.7. The summed E-state index contributed by atoms with van der Waals surface area (Å²) in [5, 5.41) is 9.00. The molecule has 0 aliphatic heterocycles. The zero-order chi connectivity index (χ0) is 67.0. The summed E-state index contributed by atoms with van der Waals surface area (Å²) in [6.45, 7) is 34.3. The van der Waals surface area contributed by atoms with Gasteiger partial charge in [0.1, 0.15) is 11.9 Å². The molecule has 87 heavy (non-hydrogen) atoms. The first-order valence-corrected chi connectivity index (χ1v) is 34.6. The quantitative estimate of drug-likeness (QED) is 0.0261. The summed E-state index contributed by atoms with van der Waals surface area (Å²) in [6, 6.07) is 0. The van der Waals surface area contributed by atoms with Crippen molar-refractivity contribution in [1.82, 2.24) is 9.80 Å². The minimum absolute atomic E-state index is 0.154. The third-order valence-electron chi connectivity index (χ3n) is 13.9. The monoisotopic (exact) mass is 1240 g/mol. The molecule has 0 saturated heterocycles. The molecule has 3 atom stereocenters. The first-order chi connectivity index (χ1) is 41.8. The fourth-order valence-electron chi connectivity index (χ4n) is 7.48. The number of esters is 5. The fourth-order valence-corrected chi connectivity index (χ4v) is 7.48. The van der Waals surface area contributed by atoms with Crippen molar-refractivity contribution in [2.75, 3.05) is 65.7 Å². The summed E-state index contributed by atoms with van der Waals surface area (Å²) in [5.41, 5.74) is 0. The van der Waals surface area contributed by atoms with Crippen LogP contribution in [0.15, 0.2) is 37.0 Å². The van der Waals surface area contributed by atoms with Gasteiger partial charge in [-0.15, -0.1) is 6.58 Å². The molecule has 15 heteroatoms. The van der Waals surface area contributed by atoms with Gasteiger partial charge in [-0.25, -0.2) is 0 Å². The number of carbonyl (C=O) groups is 7. The van der Waals surface area contributed by atoms with Crippen molar-refractivity contribution in [3.8, 4) is 0 Å². The number of carboxylic acid groups (broad SMARTS) is 1. The molecule has 3 unspecified atom stereocenters. The number of ether oxygens (including phenoxy) is 5. The Bertz CT molecular complexity index is 1550. The van der Waals surface area contributed by atoms with Crippen LogP contribution in [0.5, 0.6) is 0 Å². The van der Waals surface area contributed by atoms with Crippen LogP contribution in [0.3, 0.4) is 0 Å². The standard InChI is InChI=1S/C33H61NO6.C22H41NO6.C6H12O.C4H10.C4H8.C3H6/c1-6-10-12-14-16-20-24-38-31(35)26-34(27-32(36)39-25-21-17-15-13-11-7-2)28-33(37)40-30(9-4)23-19-18-22-29(5)8-3;1-3-5-7-9-11-13-15-28-21(26)18-23(17-20(24)25)19-22(27)29-16-14-12-10-8-6-4-2;1-4-5(2)6(3)7;2*1-3-4-2;1-3-2/h19,23,29-30H,6-18,20-22,24-28H2,1-5H3;3-19H2,1-2H3,(H,24,25);5H,4H2,1-3H3;3-4H2,1-2H3;3-4H,1-2H3;3H,1H2,2H3/b23-19-;;;;4-3-;. The lowest BCUT2D eigenvalue weighted by atomic mass is 10.0. The molecule has 0 aliphatic carbocycles. The van der Waals surface area contributed by atoms with Gasteiger partial charge in [0.25, 0.3) is 0 Å². The Morgan fingerprint density at radius 2 is 0.724 bits per heavy atom. The van der Waals surface area contributed by atoms with Crippen molar-refractivity contribution in [2.24, 2.45) is 11.8 Å². The summed E-state index contributed by atoms with van der Waals surface area (Å²) in [6.07, 6.45) is 43.2. The number of rotatable bonds is 50. The van der Waals surface area contributed by atoms with Gasteiger partial charge < -0.3 is 28.8 Å². The van der Waals surface area contributed by atoms with Gasteiger partial charge in [-0.1, -0.05) is 248 Å². The SMILES string of the molecule is C/C=C\C.C=CC.CCC(C)C(C)=O.CCCC.CCCCCCCCOC(=O)CN(CC(=O)O)CC(=O)OCCCCCCCC.CCCCCCCCOC(=O)CN(CC(=O)OCCCCCCCC)CC(=O)OC(/C=C\CCC(C)CC)CC. The lowest BCUT2D eigenvalue weighted by molar-refractivity contribution is -0.155. The number of carboxylic acids is 1. The maximum absolute atomic E-state index is 12.7. The molecule has 0 fully saturated rings. The van der Waals surface area contributed by atoms with E-state index in [1.165, 1.54) is 99.7 Å². The topological polar surface area (TPSA) is 192 Å². The normalized spacial score (nSPS) is 11.6. The van der Waals surface area contributed by atoms with Gasteiger partial charge >= 0.3 is 35.8 Å². The van der Waals surface area contributed by atoms with Crippen LogP contribution in [-0.2, 0) is 57.2 Å². The zero-order valence-electron chi connectivity index (χ0n) is 59.1. The first-order valence-electron chi connectivity index (χ1n) is 34.6. The molecule has 0 aromatic rings. The van der Waals surface area contributed by atoms with Crippen molar-refractivity contribution in [2.45, 2.75) is 309 Å². The highest BCUT2D eigenvalue weighted by Crippen LogP contribution is 2.13. The summed E-state index contributed by atoms with van der Waals surface area (Å²) in [5.74, 6) is -2.25. The lowest BCUT2D eigenvalue weighted by Crippen LogP contribution is -2.40. The highest BCUT2D eigenvalue weighted by atomic mass is 16.6. The van der Waals surface area contributed by atoms with E-state index in [4.69, 9.17) is 28.8 Å². The third-order valence-corrected chi connectivity index (χ3v) is 13.9. The lowest BCUT2D eigenvalue weighted by Gasteiger charge is -2.21. The van der Waals surface area contributed by atoms with E-state index in [-0.39, 0.29) is 44.7 Å². The van der Waals surface area contributed by atoms with E-state index in [0.717, 1.165) is 103 Å². The average Bonchev–Trinajstić information content (AvgIpc) is 3.57. The predicted octanol–water partition coefficient (Wildman–Crippen LogP) is 18.2. The van der Waals surface area contributed by atoms with Gasteiger partial charge in [0, 0.05) is 5.92 Å². The molecule has 0 aliphatic rings. The number of allylic oxidation sites excluding steroid dienone is 4. The molecule has 0 heterocycles. The molecule has 15 nitrogen and oxygen atoms in total. The molecule has 0 rings (SSSR count). The summed E-state index contributed by atoms with van der Waals surface area (Å²) in [4.78, 5) is 85.7. The zero-order valence-corrected chi connectivity index (χ0v) is 59.1. The predicted molar refractivity (Wildman–Crippen MR) is 363 cm³/mol. The molecule has 0 aromatic carbocycles. The van der Waals surface area contributed by atoms with Crippen LogP contribution < -0.4 is 0 Å². The number of aliphatic carboxylic acids is 1. The van der Waals surface area contributed by atoms with Crippen molar-refractivity contribution in [3.05, 3.63) is 37.0 Å². The van der Waals surface area contributed by atoms with Crippen molar-refractivity contribution in [3.63, 3.8) is 0 Å². The first kappa shape index (κ1) is 93.8. The highest BCUT2D eigenvalue weighted by Gasteiger charge is 2.22. The van der Waals surface area contributed by atoms with Crippen molar-refractivity contribution in [1.29, 1.82) is 0 Å². The summed E-state index contributed by atoms with van der Waals surface area (Å²) in [7, 11) is 0. The fraction of sp³-hybridized carbons (Fsp3) is 0.819. The molecule has 0 radical (unpaired) electrons. The number of unbranched alkanes of at least 4 members (excludes halogenated alkanes) is 21. The van der Waals surface area contributed by atoms with Crippen molar-refractivity contribution < 1.29 is 62.4 Å². The van der Waals surface area contributed by atoms with E-state index in [1.807, 2.05) is 59.8 Å². The van der Waals surface area contributed by atoms with E-state index in [1.54, 1.807) is 13.0 Å². The second kappa shape index (κ2) is 77.7. The van der Waals surface area contributed by atoms with Gasteiger partial charge in [0.15, 0.2) is 0 Å². The minimum atomic E-state index is -1.10. The second-order valence-electron chi connectivity index (χ2n) is 22.6. The van der Waals surface area contributed by atoms with E-state index in [9.17, 15) is 33.6 Å². The largest absolute Gasteiger partial charge is 0.480 e. The van der Waals surface area contributed by atoms with Gasteiger partial charge in [-0.05, 0) is 91.1 Å². The molecule has 1 N–H and O–H groups in total. The molecule has 0 aromatic heterocycles. The third kappa shape index (κ3) is 83.7. The second-order valence-corrected chi connectivity index (χ2v) is 22.6. The number of Topliss-reactive ketones (excluding diaryl/α,β-unsaturated/α-hetero) is 1. The van der Waals surface area contributed by atoms with Gasteiger partial charge in [0.05, 0.1) is 65.7 Å². The van der Waals surface area contributed by atoms with Crippen LogP contribution in [0, 0.1) is 11.8 Å². The van der Waals surface area contributed by atoms with Crippen LogP contribution in [0.4, 0.5) is 0 Å². The van der Waals surface area contributed by atoms with E-state index in [0.29, 0.717) is 44.5 Å². The van der Waals surface area contributed by atoms with Crippen LogP contribution in [0.25, 0.3) is 0 Å². The molecule has 514 valence electrons. The average molecular weight is 1240 g/mol.